The fraction of sp³-hybridized carbons (Fsp3) is 0.111. The molecule has 0 bridgehead atoms. The van der Waals surface area contributed by atoms with E-state index in [1.807, 2.05) is 61.7 Å². The number of amides is 2. The smallest absolute Gasteiger partial charge is 0.319 e. The highest BCUT2D eigenvalue weighted by Crippen LogP contribution is 2.28. The Hall–Kier alpha value is -2.79. The summed E-state index contributed by atoms with van der Waals surface area (Å²) in [6.45, 7) is 2.45. The van der Waals surface area contributed by atoms with Gasteiger partial charge in [-0.1, -0.05) is 29.8 Å². The maximum absolute atomic E-state index is 11.8. The van der Waals surface area contributed by atoms with Crippen molar-refractivity contribution >= 4 is 23.3 Å². The van der Waals surface area contributed by atoms with Crippen LogP contribution in [0, 0.1) is 0 Å². The van der Waals surface area contributed by atoms with Crippen LogP contribution in [0.5, 0.6) is 0 Å². The minimum Gasteiger partial charge on any atom is -0.338 e. The molecule has 0 aliphatic heterocycles. The summed E-state index contributed by atoms with van der Waals surface area (Å²) in [7, 11) is 0. The number of halogens is 1. The van der Waals surface area contributed by atoms with Gasteiger partial charge in [0.25, 0.3) is 0 Å². The standard InChI is InChI=1S/C18H17ClN4O/c1-2-20-18(24)22-17-6-4-3-5-16(17)13-11-21-23(12-13)15-9-7-14(19)8-10-15/h3-12H,2H2,1H3,(H2,20,22,24). The predicted molar refractivity (Wildman–Crippen MR) is 96.7 cm³/mol. The zero-order valence-electron chi connectivity index (χ0n) is 13.2. The van der Waals surface area contributed by atoms with Crippen LogP contribution in [0.2, 0.25) is 5.02 Å². The second-order valence-electron chi connectivity index (χ2n) is 5.18. The van der Waals surface area contributed by atoms with Gasteiger partial charge in [-0.15, -0.1) is 0 Å². The molecule has 0 unspecified atom stereocenters. The Morgan fingerprint density at radius 3 is 2.67 bits per heavy atom. The first-order chi connectivity index (χ1) is 11.7. The van der Waals surface area contributed by atoms with Gasteiger partial charge in [-0.05, 0) is 37.3 Å². The highest BCUT2D eigenvalue weighted by Gasteiger charge is 2.10. The lowest BCUT2D eigenvalue weighted by Gasteiger charge is -2.10. The lowest BCUT2D eigenvalue weighted by molar-refractivity contribution is 0.252. The number of hydrogen-bond acceptors (Lipinski definition) is 2. The van der Waals surface area contributed by atoms with Gasteiger partial charge in [-0.25, -0.2) is 9.48 Å². The van der Waals surface area contributed by atoms with Crippen LogP contribution in [0.3, 0.4) is 0 Å². The fourth-order valence-electron chi connectivity index (χ4n) is 2.37. The third-order valence-corrected chi connectivity index (χ3v) is 3.75. The summed E-state index contributed by atoms with van der Waals surface area (Å²) >= 11 is 5.92. The average Bonchev–Trinajstić information content (AvgIpc) is 3.06. The molecule has 6 heteroatoms. The Morgan fingerprint density at radius 2 is 1.92 bits per heavy atom. The van der Waals surface area contributed by atoms with Crippen LogP contribution in [0.15, 0.2) is 60.9 Å². The molecule has 0 spiro atoms. The summed E-state index contributed by atoms with van der Waals surface area (Å²) in [4.78, 5) is 11.8. The summed E-state index contributed by atoms with van der Waals surface area (Å²) in [6, 6.07) is 14.8. The van der Waals surface area contributed by atoms with E-state index in [4.69, 9.17) is 11.6 Å². The van der Waals surface area contributed by atoms with Crippen LogP contribution in [-0.2, 0) is 0 Å². The molecule has 3 aromatic rings. The fourth-order valence-corrected chi connectivity index (χ4v) is 2.49. The van der Waals surface area contributed by atoms with E-state index in [2.05, 4.69) is 15.7 Å². The maximum Gasteiger partial charge on any atom is 0.319 e. The Kier molecular flexibility index (Phi) is 4.82. The molecule has 0 aliphatic carbocycles. The first-order valence-electron chi connectivity index (χ1n) is 7.62. The third-order valence-electron chi connectivity index (χ3n) is 3.50. The predicted octanol–water partition coefficient (Wildman–Crippen LogP) is 4.33. The summed E-state index contributed by atoms with van der Waals surface area (Å²) in [5, 5.41) is 10.7. The molecule has 2 N–H and O–H groups in total. The normalized spacial score (nSPS) is 10.4. The Labute approximate surface area is 145 Å². The van der Waals surface area contributed by atoms with Crippen LogP contribution in [-0.4, -0.2) is 22.4 Å². The number of rotatable bonds is 4. The number of para-hydroxylation sites is 1. The largest absolute Gasteiger partial charge is 0.338 e. The van der Waals surface area contributed by atoms with Gasteiger partial charge in [0.2, 0.25) is 0 Å². The van der Waals surface area contributed by atoms with Crippen molar-refractivity contribution in [1.82, 2.24) is 15.1 Å². The van der Waals surface area contributed by atoms with Crippen molar-refractivity contribution in [2.24, 2.45) is 0 Å². The van der Waals surface area contributed by atoms with Crippen molar-refractivity contribution in [3.8, 4) is 16.8 Å². The number of nitrogens with one attached hydrogen (secondary N) is 2. The molecule has 3 rings (SSSR count). The second kappa shape index (κ2) is 7.19. The van der Waals surface area contributed by atoms with E-state index in [0.29, 0.717) is 11.6 Å². The number of hydrogen-bond donors (Lipinski definition) is 2. The molecule has 1 aromatic heterocycles. The van der Waals surface area contributed by atoms with Gasteiger partial charge in [-0.3, -0.25) is 0 Å². The van der Waals surface area contributed by atoms with Crippen molar-refractivity contribution in [3.63, 3.8) is 0 Å². The average molecular weight is 341 g/mol. The van der Waals surface area contributed by atoms with Crippen LogP contribution in [0.1, 0.15) is 6.92 Å². The van der Waals surface area contributed by atoms with Gasteiger partial charge >= 0.3 is 6.03 Å². The quantitative estimate of drug-likeness (QED) is 0.742. The molecule has 0 atom stereocenters. The van der Waals surface area contributed by atoms with Crippen LogP contribution >= 0.6 is 11.6 Å². The molecule has 5 nitrogen and oxygen atoms in total. The van der Waals surface area contributed by atoms with Gasteiger partial charge in [0, 0.05) is 28.9 Å². The zero-order valence-corrected chi connectivity index (χ0v) is 13.9. The number of carbonyl (C=O) groups excluding carboxylic acids is 1. The van der Waals surface area contributed by atoms with E-state index in [-0.39, 0.29) is 6.03 Å². The molecule has 122 valence electrons. The zero-order chi connectivity index (χ0) is 16.9. The van der Waals surface area contributed by atoms with E-state index in [1.54, 1.807) is 10.9 Å². The van der Waals surface area contributed by atoms with Crippen molar-refractivity contribution in [3.05, 3.63) is 65.9 Å². The number of carbonyl (C=O) groups is 1. The van der Waals surface area contributed by atoms with E-state index in [1.165, 1.54) is 0 Å². The number of nitrogens with zero attached hydrogens (tertiary/aromatic N) is 2. The van der Waals surface area contributed by atoms with Crippen molar-refractivity contribution in [1.29, 1.82) is 0 Å². The van der Waals surface area contributed by atoms with Crippen LogP contribution < -0.4 is 10.6 Å². The molecule has 0 fully saturated rings. The molecule has 0 saturated carbocycles. The summed E-state index contributed by atoms with van der Waals surface area (Å²) < 4.78 is 1.77. The van der Waals surface area contributed by atoms with Crippen LogP contribution in [0.4, 0.5) is 10.5 Å². The molecule has 0 saturated heterocycles. The van der Waals surface area contributed by atoms with Gasteiger partial charge in [-0.2, -0.15) is 5.10 Å². The van der Waals surface area contributed by atoms with Crippen molar-refractivity contribution in [2.75, 3.05) is 11.9 Å². The number of anilines is 1. The molecule has 2 amide bonds. The first-order valence-corrected chi connectivity index (χ1v) is 8.00. The summed E-state index contributed by atoms with van der Waals surface area (Å²) in [6.07, 6.45) is 3.69. The second-order valence-corrected chi connectivity index (χ2v) is 5.62. The van der Waals surface area contributed by atoms with Gasteiger partial charge in [0.1, 0.15) is 0 Å². The Morgan fingerprint density at radius 1 is 1.17 bits per heavy atom. The van der Waals surface area contributed by atoms with Crippen molar-refractivity contribution in [2.45, 2.75) is 6.92 Å². The summed E-state index contributed by atoms with van der Waals surface area (Å²) in [5.74, 6) is 0. The summed E-state index contributed by atoms with van der Waals surface area (Å²) in [5.41, 5.74) is 3.47. The number of aromatic nitrogens is 2. The lowest BCUT2D eigenvalue weighted by Crippen LogP contribution is -2.28. The highest BCUT2D eigenvalue weighted by molar-refractivity contribution is 6.30. The molecule has 2 aromatic carbocycles. The number of urea groups is 1. The molecule has 0 aliphatic rings. The third kappa shape index (κ3) is 3.58. The first kappa shape index (κ1) is 16.1. The van der Waals surface area contributed by atoms with E-state index in [9.17, 15) is 4.79 Å². The number of benzene rings is 2. The monoisotopic (exact) mass is 340 g/mol. The van der Waals surface area contributed by atoms with Gasteiger partial charge in [0.15, 0.2) is 0 Å². The van der Waals surface area contributed by atoms with E-state index >= 15 is 0 Å². The van der Waals surface area contributed by atoms with Crippen molar-refractivity contribution < 1.29 is 4.79 Å². The molecule has 24 heavy (non-hydrogen) atoms. The maximum atomic E-state index is 11.8. The van der Waals surface area contributed by atoms with E-state index in [0.717, 1.165) is 22.5 Å². The lowest BCUT2D eigenvalue weighted by atomic mass is 10.1. The van der Waals surface area contributed by atoms with Crippen LogP contribution in [0.25, 0.3) is 16.8 Å². The minimum atomic E-state index is -0.227. The molecule has 0 radical (unpaired) electrons. The molecular formula is C18H17ClN4O. The van der Waals surface area contributed by atoms with Gasteiger partial charge < -0.3 is 10.6 Å². The molecule has 1 heterocycles. The van der Waals surface area contributed by atoms with Gasteiger partial charge in [0.05, 0.1) is 17.6 Å². The highest BCUT2D eigenvalue weighted by atomic mass is 35.5. The minimum absolute atomic E-state index is 0.227. The molecular weight excluding hydrogens is 324 g/mol. The Balaban J connectivity index is 1.90. The topological polar surface area (TPSA) is 59.0 Å². The van der Waals surface area contributed by atoms with E-state index < -0.39 is 0 Å². The Bertz CT molecular complexity index is 842. The SMILES string of the molecule is CCNC(=O)Nc1ccccc1-c1cnn(-c2ccc(Cl)cc2)c1.